The predicted molar refractivity (Wildman–Crippen MR) is 137 cm³/mol. The van der Waals surface area contributed by atoms with Gasteiger partial charge in [-0.2, -0.15) is 0 Å². The van der Waals surface area contributed by atoms with E-state index in [4.69, 9.17) is 4.74 Å². The Kier molecular flexibility index (Phi) is 10.0. The van der Waals surface area contributed by atoms with Crippen LogP contribution < -0.4 is 10.6 Å². The summed E-state index contributed by atoms with van der Waals surface area (Å²) in [7, 11) is 1.73. The number of aliphatic hydroxyl groups excluding tert-OH is 1. The molecule has 1 heterocycles. The number of guanidine groups is 1. The Morgan fingerprint density at radius 3 is 2.57 bits per heavy atom. The van der Waals surface area contributed by atoms with Crippen LogP contribution in [0, 0.1) is 0 Å². The van der Waals surface area contributed by atoms with Crippen LogP contribution in [0.15, 0.2) is 59.6 Å². The minimum absolute atomic E-state index is 0. The molecule has 0 saturated heterocycles. The Hall–Kier alpha value is -1.68. The molecule has 2 aromatic carbocycles. The van der Waals surface area contributed by atoms with Crippen LogP contribution in [0.1, 0.15) is 36.0 Å². The zero-order valence-electron chi connectivity index (χ0n) is 17.6. The molecule has 0 fully saturated rings. The first kappa shape index (κ1) is 24.6. The molecule has 0 aliphatic carbocycles. The van der Waals surface area contributed by atoms with E-state index in [0.717, 1.165) is 21.4 Å². The third-order valence-corrected chi connectivity index (χ3v) is 5.71. The Balaban J connectivity index is 0.00000320. The van der Waals surface area contributed by atoms with Crippen molar-refractivity contribution in [3.8, 4) is 0 Å². The first-order chi connectivity index (χ1) is 14.0. The predicted octanol–water partition coefficient (Wildman–Crippen LogP) is 4.84. The maximum absolute atomic E-state index is 10.5. The molecular weight excluding hydrogens is 509 g/mol. The Bertz CT molecular complexity index is 925. The number of benzene rings is 2. The van der Waals surface area contributed by atoms with Gasteiger partial charge in [0, 0.05) is 29.7 Å². The Labute approximate surface area is 199 Å². The molecule has 162 valence electrons. The molecule has 0 aliphatic rings. The molecule has 5 nitrogen and oxygen atoms in total. The van der Waals surface area contributed by atoms with Gasteiger partial charge in [-0.15, -0.1) is 35.3 Å². The van der Waals surface area contributed by atoms with E-state index >= 15 is 0 Å². The lowest BCUT2D eigenvalue weighted by atomic mass is 10.1. The molecule has 3 N–H and O–H groups in total. The second-order valence-corrected chi connectivity index (χ2v) is 8.30. The Morgan fingerprint density at radius 1 is 1.07 bits per heavy atom. The zero-order chi connectivity index (χ0) is 20.6. The number of aliphatic hydroxyl groups is 1. The molecular formula is C23H30IN3O2S. The standard InChI is InChI=1S/C23H29N3O2S.HI/c1-16(2)28-15-18-8-6-7-17(11-18)13-25-23(24-3)26-14-20(27)22-12-19-9-4-5-10-21(19)29-22;/h4-12,16,20,27H,13-15H2,1-3H3,(H2,24,25,26);1H. The number of fused-ring (bicyclic) bond motifs is 1. The number of nitrogens with one attached hydrogen (secondary N) is 2. The lowest BCUT2D eigenvalue weighted by Crippen LogP contribution is -2.38. The molecule has 1 atom stereocenters. The molecule has 1 aromatic heterocycles. The van der Waals surface area contributed by atoms with E-state index in [2.05, 4.69) is 46.0 Å². The van der Waals surface area contributed by atoms with Crippen molar-refractivity contribution >= 4 is 51.4 Å². The van der Waals surface area contributed by atoms with Crippen LogP contribution in [0.5, 0.6) is 0 Å². The summed E-state index contributed by atoms with van der Waals surface area (Å²) in [5.74, 6) is 0.661. The molecule has 3 rings (SSSR count). The highest BCUT2D eigenvalue weighted by Gasteiger charge is 2.12. The fraction of sp³-hybridized carbons (Fsp3) is 0.348. The number of nitrogens with zero attached hydrogens (tertiary/aromatic N) is 1. The first-order valence-corrected chi connectivity index (χ1v) is 10.7. The van der Waals surface area contributed by atoms with E-state index in [9.17, 15) is 5.11 Å². The number of hydrogen-bond acceptors (Lipinski definition) is 4. The van der Waals surface area contributed by atoms with Gasteiger partial charge in [0.1, 0.15) is 6.10 Å². The molecule has 0 aliphatic heterocycles. The monoisotopic (exact) mass is 539 g/mol. The normalized spacial score (nSPS) is 12.6. The molecule has 30 heavy (non-hydrogen) atoms. The average molecular weight is 539 g/mol. The van der Waals surface area contributed by atoms with Gasteiger partial charge >= 0.3 is 0 Å². The van der Waals surface area contributed by atoms with E-state index in [-0.39, 0.29) is 30.1 Å². The second kappa shape index (κ2) is 12.2. The highest BCUT2D eigenvalue weighted by atomic mass is 127. The average Bonchev–Trinajstić information content (AvgIpc) is 3.17. The molecule has 0 spiro atoms. The van der Waals surface area contributed by atoms with Gasteiger partial charge in [-0.1, -0.05) is 42.5 Å². The van der Waals surface area contributed by atoms with Crippen LogP contribution in [-0.2, 0) is 17.9 Å². The summed E-state index contributed by atoms with van der Waals surface area (Å²) in [6.45, 7) is 5.73. The van der Waals surface area contributed by atoms with E-state index in [0.29, 0.717) is 25.7 Å². The van der Waals surface area contributed by atoms with Crippen molar-refractivity contribution in [2.45, 2.75) is 39.2 Å². The number of hydrogen-bond donors (Lipinski definition) is 3. The van der Waals surface area contributed by atoms with Gasteiger partial charge in [-0.3, -0.25) is 4.99 Å². The van der Waals surface area contributed by atoms with E-state index in [1.54, 1.807) is 18.4 Å². The topological polar surface area (TPSA) is 65.9 Å². The van der Waals surface area contributed by atoms with Gasteiger partial charge < -0.3 is 20.5 Å². The van der Waals surface area contributed by atoms with Crippen molar-refractivity contribution in [2.75, 3.05) is 13.6 Å². The quantitative estimate of drug-likeness (QED) is 0.218. The van der Waals surface area contributed by atoms with Crippen molar-refractivity contribution in [2.24, 2.45) is 4.99 Å². The summed E-state index contributed by atoms with van der Waals surface area (Å²) in [6, 6.07) is 18.5. The van der Waals surface area contributed by atoms with Crippen molar-refractivity contribution in [1.82, 2.24) is 10.6 Å². The summed E-state index contributed by atoms with van der Waals surface area (Å²) in [4.78, 5) is 5.21. The van der Waals surface area contributed by atoms with E-state index < -0.39 is 6.10 Å². The van der Waals surface area contributed by atoms with Crippen LogP contribution in [-0.4, -0.2) is 30.8 Å². The van der Waals surface area contributed by atoms with Crippen molar-refractivity contribution in [1.29, 1.82) is 0 Å². The van der Waals surface area contributed by atoms with Gasteiger partial charge in [0.05, 0.1) is 12.7 Å². The maximum Gasteiger partial charge on any atom is 0.191 e. The zero-order valence-corrected chi connectivity index (χ0v) is 20.7. The lowest BCUT2D eigenvalue weighted by Gasteiger charge is -2.15. The summed E-state index contributed by atoms with van der Waals surface area (Å²) in [6.07, 6.45) is -0.366. The van der Waals surface area contributed by atoms with Crippen LogP contribution in [0.3, 0.4) is 0 Å². The molecule has 1 unspecified atom stereocenters. The maximum atomic E-state index is 10.5. The van der Waals surface area contributed by atoms with Crippen LogP contribution in [0.2, 0.25) is 0 Å². The minimum atomic E-state index is -0.581. The third kappa shape index (κ3) is 7.23. The van der Waals surface area contributed by atoms with Crippen LogP contribution in [0.25, 0.3) is 10.1 Å². The van der Waals surface area contributed by atoms with E-state index in [1.165, 1.54) is 4.70 Å². The first-order valence-electron chi connectivity index (χ1n) is 9.85. The smallest absolute Gasteiger partial charge is 0.191 e. The lowest BCUT2D eigenvalue weighted by molar-refractivity contribution is 0.0657. The van der Waals surface area contributed by atoms with Crippen LogP contribution in [0.4, 0.5) is 0 Å². The number of halogens is 1. The highest BCUT2D eigenvalue weighted by molar-refractivity contribution is 14.0. The van der Waals surface area contributed by atoms with Crippen molar-refractivity contribution < 1.29 is 9.84 Å². The van der Waals surface area contributed by atoms with E-state index in [1.807, 2.05) is 38.1 Å². The highest BCUT2D eigenvalue weighted by Crippen LogP contribution is 2.29. The molecule has 0 radical (unpaired) electrons. The number of rotatable bonds is 8. The van der Waals surface area contributed by atoms with Gasteiger partial charge in [-0.25, -0.2) is 0 Å². The van der Waals surface area contributed by atoms with Crippen molar-refractivity contribution in [3.05, 3.63) is 70.6 Å². The van der Waals surface area contributed by atoms with Gasteiger partial charge in [-0.05, 0) is 42.5 Å². The number of ether oxygens (including phenoxy) is 1. The fourth-order valence-corrected chi connectivity index (χ4v) is 4.01. The van der Waals surface area contributed by atoms with Crippen molar-refractivity contribution in [3.63, 3.8) is 0 Å². The molecule has 7 heteroatoms. The molecule has 0 amide bonds. The van der Waals surface area contributed by atoms with Crippen LogP contribution >= 0.6 is 35.3 Å². The molecule has 0 saturated carbocycles. The minimum Gasteiger partial charge on any atom is -0.386 e. The van der Waals surface area contributed by atoms with Gasteiger partial charge in [0.15, 0.2) is 5.96 Å². The van der Waals surface area contributed by atoms with Gasteiger partial charge in [0.2, 0.25) is 0 Å². The number of thiophene rings is 1. The molecule has 3 aromatic rings. The third-order valence-electron chi connectivity index (χ3n) is 4.49. The summed E-state index contributed by atoms with van der Waals surface area (Å²) in [5, 5.41) is 18.2. The summed E-state index contributed by atoms with van der Waals surface area (Å²) in [5.41, 5.74) is 2.31. The summed E-state index contributed by atoms with van der Waals surface area (Å²) >= 11 is 1.62. The SMILES string of the molecule is CN=C(NCc1cccc(COC(C)C)c1)NCC(O)c1cc2ccccc2s1.I. The summed E-state index contributed by atoms with van der Waals surface area (Å²) < 4.78 is 6.86. The van der Waals surface area contributed by atoms with Gasteiger partial charge in [0.25, 0.3) is 0 Å². The largest absolute Gasteiger partial charge is 0.386 e. The second-order valence-electron chi connectivity index (χ2n) is 7.19. The molecule has 0 bridgehead atoms. The fourth-order valence-electron chi connectivity index (χ4n) is 2.96. The number of aliphatic imine (C=N–C) groups is 1. The Morgan fingerprint density at radius 2 is 1.83 bits per heavy atom.